The number of carboxylic acids is 1. The molecule has 1 saturated heterocycles. The zero-order valence-electron chi connectivity index (χ0n) is 19.4. The van der Waals surface area contributed by atoms with E-state index in [4.69, 9.17) is 4.74 Å². The SMILES string of the molecule is CSCC[C@H](NC(=O)OCC1c2ccccc2-c2ccccc21)C(=O)N1CCC(C(=O)O)C1C. The van der Waals surface area contributed by atoms with Crippen LogP contribution in [0.15, 0.2) is 48.5 Å². The van der Waals surface area contributed by atoms with Crippen LogP contribution in [0.5, 0.6) is 0 Å². The number of amides is 2. The molecule has 2 aromatic rings. The molecule has 0 radical (unpaired) electrons. The molecule has 2 unspecified atom stereocenters. The molecule has 1 aliphatic heterocycles. The van der Waals surface area contributed by atoms with Crippen LogP contribution < -0.4 is 5.32 Å². The zero-order chi connectivity index (χ0) is 24.2. The molecule has 3 atom stereocenters. The number of likely N-dealkylation sites (tertiary alicyclic amines) is 1. The molecule has 1 fully saturated rings. The summed E-state index contributed by atoms with van der Waals surface area (Å²) in [6.07, 6.45) is 2.17. The second-order valence-corrected chi connectivity index (χ2v) is 9.80. The molecule has 4 rings (SSSR count). The van der Waals surface area contributed by atoms with Gasteiger partial charge in [0.1, 0.15) is 12.6 Å². The summed E-state index contributed by atoms with van der Waals surface area (Å²) in [4.78, 5) is 39.0. The number of fused-ring (bicyclic) bond motifs is 3. The van der Waals surface area contributed by atoms with Gasteiger partial charge in [0, 0.05) is 18.5 Å². The van der Waals surface area contributed by atoms with Crippen molar-refractivity contribution in [2.45, 2.75) is 37.8 Å². The van der Waals surface area contributed by atoms with E-state index in [1.54, 1.807) is 23.6 Å². The predicted octanol–water partition coefficient (Wildman–Crippen LogP) is 3.97. The van der Waals surface area contributed by atoms with E-state index < -0.39 is 30.1 Å². The largest absolute Gasteiger partial charge is 0.481 e. The van der Waals surface area contributed by atoms with E-state index in [1.807, 2.05) is 30.5 Å². The van der Waals surface area contributed by atoms with Crippen molar-refractivity contribution in [2.24, 2.45) is 5.92 Å². The molecule has 34 heavy (non-hydrogen) atoms. The van der Waals surface area contributed by atoms with Gasteiger partial charge in [0.25, 0.3) is 0 Å². The molecular weight excluding hydrogens is 452 g/mol. The lowest BCUT2D eigenvalue weighted by Crippen LogP contribution is -2.51. The highest BCUT2D eigenvalue weighted by molar-refractivity contribution is 7.98. The molecule has 2 N–H and O–H groups in total. The van der Waals surface area contributed by atoms with Gasteiger partial charge in [0.2, 0.25) is 5.91 Å². The topological polar surface area (TPSA) is 95.9 Å². The Morgan fingerprint density at radius 2 is 1.74 bits per heavy atom. The number of carboxylic acid groups (broad SMARTS) is 1. The van der Waals surface area contributed by atoms with E-state index in [1.165, 1.54) is 0 Å². The molecule has 2 amide bonds. The lowest BCUT2D eigenvalue weighted by molar-refractivity contribution is -0.143. The van der Waals surface area contributed by atoms with Crippen molar-refractivity contribution in [3.05, 3.63) is 59.7 Å². The van der Waals surface area contributed by atoms with E-state index >= 15 is 0 Å². The van der Waals surface area contributed by atoms with Crippen molar-refractivity contribution in [3.63, 3.8) is 0 Å². The number of nitrogens with zero attached hydrogens (tertiary/aromatic N) is 1. The fourth-order valence-corrected chi connectivity index (χ4v) is 5.53. The summed E-state index contributed by atoms with van der Waals surface area (Å²) in [5.41, 5.74) is 4.54. The fraction of sp³-hybridized carbons (Fsp3) is 0.423. The van der Waals surface area contributed by atoms with Crippen LogP contribution in [0.2, 0.25) is 0 Å². The summed E-state index contributed by atoms with van der Waals surface area (Å²) in [6.45, 7) is 2.30. The molecule has 0 aromatic heterocycles. The Hall–Kier alpha value is -3.00. The molecule has 7 nitrogen and oxygen atoms in total. The summed E-state index contributed by atoms with van der Waals surface area (Å²) in [6, 6.07) is 15.1. The third-order valence-electron chi connectivity index (χ3n) is 6.90. The Morgan fingerprint density at radius 1 is 1.12 bits per heavy atom. The van der Waals surface area contributed by atoms with E-state index in [9.17, 15) is 19.5 Å². The standard InChI is InChI=1S/C26H30N2O5S/c1-16-17(25(30)31)11-13-28(16)24(29)23(12-14-34-2)27-26(32)33-15-22-20-9-5-3-7-18(20)19-8-4-6-10-21(19)22/h3-10,16-17,22-23H,11-15H2,1-2H3,(H,27,32)(H,30,31)/t16?,17?,23-/m0/s1. The third kappa shape index (κ3) is 4.78. The smallest absolute Gasteiger partial charge is 0.407 e. The Balaban J connectivity index is 1.42. The molecular formula is C26H30N2O5S. The van der Waals surface area contributed by atoms with E-state index in [2.05, 4.69) is 29.6 Å². The Morgan fingerprint density at radius 3 is 2.29 bits per heavy atom. The number of rotatable bonds is 8. The first-order valence-corrected chi connectivity index (χ1v) is 13.0. The van der Waals surface area contributed by atoms with Crippen molar-refractivity contribution in [1.29, 1.82) is 0 Å². The first-order chi connectivity index (χ1) is 16.4. The molecule has 2 aromatic carbocycles. The summed E-state index contributed by atoms with van der Waals surface area (Å²) >= 11 is 1.58. The average Bonchev–Trinajstić information content (AvgIpc) is 3.38. The molecule has 1 aliphatic carbocycles. The Bertz CT molecular complexity index is 1030. The van der Waals surface area contributed by atoms with E-state index in [-0.39, 0.29) is 18.4 Å². The van der Waals surface area contributed by atoms with Crippen molar-refractivity contribution in [1.82, 2.24) is 10.2 Å². The van der Waals surface area contributed by atoms with Gasteiger partial charge < -0.3 is 20.1 Å². The normalized spacial score (nSPS) is 19.9. The van der Waals surface area contributed by atoms with Gasteiger partial charge in [-0.3, -0.25) is 9.59 Å². The predicted molar refractivity (Wildman–Crippen MR) is 132 cm³/mol. The number of nitrogens with one attached hydrogen (secondary N) is 1. The second-order valence-electron chi connectivity index (χ2n) is 8.81. The van der Waals surface area contributed by atoms with Gasteiger partial charge in [-0.05, 0) is 54.0 Å². The summed E-state index contributed by atoms with van der Waals surface area (Å²) in [7, 11) is 0. The van der Waals surface area contributed by atoms with Crippen molar-refractivity contribution in [3.8, 4) is 11.1 Å². The monoisotopic (exact) mass is 482 g/mol. The number of aliphatic carboxylic acids is 1. The van der Waals surface area contributed by atoms with Crippen LogP contribution in [0.4, 0.5) is 4.79 Å². The van der Waals surface area contributed by atoms with Crippen LogP contribution >= 0.6 is 11.8 Å². The number of thioether (sulfide) groups is 1. The van der Waals surface area contributed by atoms with Crippen LogP contribution in [-0.2, 0) is 14.3 Å². The fourth-order valence-electron chi connectivity index (χ4n) is 5.06. The molecule has 180 valence electrons. The van der Waals surface area contributed by atoms with Crippen LogP contribution in [0.1, 0.15) is 36.8 Å². The lowest BCUT2D eigenvalue weighted by atomic mass is 9.98. The van der Waals surface area contributed by atoms with Crippen molar-refractivity contribution >= 4 is 29.7 Å². The summed E-state index contributed by atoms with van der Waals surface area (Å²) < 4.78 is 5.63. The van der Waals surface area contributed by atoms with E-state index in [0.717, 1.165) is 22.3 Å². The molecule has 0 spiro atoms. The van der Waals surface area contributed by atoms with Crippen LogP contribution in [0, 0.1) is 5.92 Å². The quantitative estimate of drug-likeness (QED) is 0.591. The van der Waals surface area contributed by atoms with Gasteiger partial charge in [-0.1, -0.05) is 48.5 Å². The Labute approximate surface area is 203 Å². The molecule has 0 saturated carbocycles. The van der Waals surface area contributed by atoms with Gasteiger partial charge >= 0.3 is 12.1 Å². The molecule has 1 heterocycles. The average molecular weight is 483 g/mol. The maximum atomic E-state index is 13.2. The zero-order valence-corrected chi connectivity index (χ0v) is 20.2. The number of carbonyl (C=O) groups excluding carboxylic acids is 2. The summed E-state index contributed by atoms with van der Waals surface area (Å²) in [5.74, 6) is -1.11. The lowest BCUT2D eigenvalue weighted by Gasteiger charge is -2.28. The minimum absolute atomic E-state index is 0.0616. The Kier molecular flexibility index (Phi) is 7.46. The van der Waals surface area contributed by atoms with Crippen molar-refractivity contribution in [2.75, 3.05) is 25.2 Å². The highest BCUT2D eigenvalue weighted by Gasteiger charge is 2.40. The maximum absolute atomic E-state index is 13.2. The maximum Gasteiger partial charge on any atom is 0.407 e. The second kappa shape index (κ2) is 10.5. The van der Waals surface area contributed by atoms with Crippen LogP contribution in [-0.4, -0.2) is 65.2 Å². The molecule has 2 aliphatic rings. The summed E-state index contributed by atoms with van der Waals surface area (Å²) in [5, 5.41) is 12.1. The first kappa shape index (κ1) is 24.1. The number of hydrogen-bond acceptors (Lipinski definition) is 5. The number of benzene rings is 2. The van der Waals surface area contributed by atoms with Crippen LogP contribution in [0.25, 0.3) is 11.1 Å². The minimum atomic E-state index is -0.895. The van der Waals surface area contributed by atoms with Gasteiger partial charge in [0.05, 0.1) is 5.92 Å². The number of hydrogen-bond donors (Lipinski definition) is 2. The number of alkyl carbamates (subject to hydrolysis) is 1. The van der Waals surface area contributed by atoms with Crippen molar-refractivity contribution < 1.29 is 24.2 Å². The number of carbonyl (C=O) groups is 3. The highest BCUT2D eigenvalue weighted by atomic mass is 32.2. The highest BCUT2D eigenvalue weighted by Crippen LogP contribution is 2.44. The third-order valence-corrected chi connectivity index (χ3v) is 7.54. The molecule has 0 bridgehead atoms. The first-order valence-electron chi connectivity index (χ1n) is 11.6. The number of ether oxygens (including phenoxy) is 1. The van der Waals surface area contributed by atoms with Gasteiger partial charge in [-0.2, -0.15) is 11.8 Å². The van der Waals surface area contributed by atoms with E-state index in [0.29, 0.717) is 25.1 Å². The minimum Gasteiger partial charge on any atom is -0.481 e. The van der Waals surface area contributed by atoms with Gasteiger partial charge in [-0.15, -0.1) is 0 Å². The van der Waals surface area contributed by atoms with Gasteiger partial charge in [-0.25, -0.2) is 4.79 Å². The van der Waals surface area contributed by atoms with Crippen LogP contribution in [0.3, 0.4) is 0 Å². The van der Waals surface area contributed by atoms with Gasteiger partial charge in [0.15, 0.2) is 0 Å². The molecule has 8 heteroatoms.